The molecule has 0 radical (unpaired) electrons. The van der Waals surface area contributed by atoms with Gasteiger partial charge in [-0.1, -0.05) is 6.08 Å². The summed E-state index contributed by atoms with van der Waals surface area (Å²) in [4.78, 5) is 0. The van der Waals surface area contributed by atoms with Crippen LogP contribution < -0.4 is 0 Å². The average Bonchev–Trinajstić information content (AvgIpc) is 2.87. The van der Waals surface area contributed by atoms with Crippen molar-refractivity contribution in [3.8, 4) is 0 Å². The van der Waals surface area contributed by atoms with E-state index in [-0.39, 0.29) is 11.5 Å². The van der Waals surface area contributed by atoms with Gasteiger partial charge in [-0.2, -0.15) is 0 Å². The van der Waals surface area contributed by atoms with Crippen molar-refractivity contribution in [3.63, 3.8) is 0 Å². The molecular formula is C28H29F5O2. The minimum absolute atomic E-state index is 0.0179. The van der Waals surface area contributed by atoms with Crippen molar-refractivity contribution < 1.29 is 31.4 Å². The van der Waals surface area contributed by atoms with E-state index >= 15 is 0 Å². The van der Waals surface area contributed by atoms with Gasteiger partial charge in [0, 0.05) is 11.1 Å². The Morgan fingerprint density at radius 1 is 0.657 bits per heavy atom. The molecule has 2 fully saturated rings. The van der Waals surface area contributed by atoms with Gasteiger partial charge in [0.2, 0.25) is 0 Å². The molecule has 0 N–H and O–H groups in total. The summed E-state index contributed by atoms with van der Waals surface area (Å²) in [6.45, 7) is 1.00. The summed E-state index contributed by atoms with van der Waals surface area (Å²) in [6, 6.07) is 4.84. The number of hydrogen-bond donors (Lipinski definition) is 0. The highest BCUT2D eigenvalue weighted by Gasteiger charge is 2.31. The number of halogens is 5. The van der Waals surface area contributed by atoms with Gasteiger partial charge in [0.15, 0.2) is 23.7 Å². The molecule has 35 heavy (non-hydrogen) atoms. The summed E-state index contributed by atoms with van der Waals surface area (Å²) in [5.74, 6) is -4.01. The van der Waals surface area contributed by atoms with E-state index in [0.29, 0.717) is 48.2 Å². The van der Waals surface area contributed by atoms with E-state index in [1.165, 1.54) is 12.1 Å². The lowest BCUT2D eigenvalue weighted by Crippen LogP contribution is -2.23. The highest BCUT2D eigenvalue weighted by molar-refractivity contribution is 5.67. The fraction of sp³-hybridized carbons (Fsp3) is 0.500. The van der Waals surface area contributed by atoms with Crippen molar-refractivity contribution in [2.24, 2.45) is 11.8 Å². The standard InChI is InChI=1S/C28H29F5O2/c29-22-14-21(28-34-10-1-11-35-28)15-23(30)26(22)19-8-6-17(7-9-19)16-2-4-18(5-3-16)20-12-24(31)27(33)25(32)13-20/h8,12-18,28H,1-7,9-11H2. The number of ether oxygens (including phenoxy) is 2. The minimum Gasteiger partial charge on any atom is -0.348 e. The van der Waals surface area contributed by atoms with E-state index in [0.717, 1.165) is 57.1 Å². The van der Waals surface area contributed by atoms with Crippen LogP contribution in [0, 0.1) is 40.9 Å². The summed E-state index contributed by atoms with van der Waals surface area (Å²) in [5.41, 5.74) is 1.60. The number of benzene rings is 2. The van der Waals surface area contributed by atoms with Crippen molar-refractivity contribution in [1.82, 2.24) is 0 Å². The van der Waals surface area contributed by atoms with Crippen LogP contribution in [0.2, 0.25) is 0 Å². The van der Waals surface area contributed by atoms with E-state index in [4.69, 9.17) is 9.47 Å². The summed E-state index contributed by atoms with van der Waals surface area (Å²) in [7, 11) is 0. The van der Waals surface area contributed by atoms with Crippen LogP contribution in [0.3, 0.4) is 0 Å². The Kier molecular flexibility index (Phi) is 7.26. The fourth-order valence-electron chi connectivity index (χ4n) is 5.96. The van der Waals surface area contributed by atoms with E-state index in [1.54, 1.807) is 0 Å². The molecule has 1 atom stereocenters. The van der Waals surface area contributed by atoms with Gasteiger partial charge in [-0.25, -0.2) is 22.0 Å². The molecule has 1 unspecified atom stereocenters. The molecule has 3 aliphatic rings. The van der Waals surface area contributed by atoms with Crippen LogP contribution >= 0.6 is 0 Å². The maximum absolute atomic E-state index is 14.9. The lowest BCUT2D eigenvalue weighted by Gasteiger charge is -2.36. The Morgan fingerprint density at radius 3 is 1.83 bits per heavy atom. The molecule has 0 amide bonds. The molecule has 2 nitrogen and oxygen atoms in total. The van der Waals surface area contributed by atoms with Gasteiger partial charge < -0.3 is 9.47 Å². The maximum atomic E-state index is 14.9. The Labute approximate surface area is 202 Å². The molecule has 0 bridgehead atoms. The molecular weight excluding hydrogens is 463 g/mol. The summed E-state index contributed by atoms with van der Waals surface area (Å²) >= 11 is 0. The Bertz CT molecular complexity index is 1050. The quantitative estimate of drug-likeness (QED) is 0.318. The average molecular weight is 493 g/mol. The van der Waals surface area contributed by atoms with Crippen LogP contribution in [0.5, 0.6) is 0 Å². The lowest BCUT2D eigenvalue weighted by atomic mass is 9.70. The van der Waals surface area contributed by atoms with Gasteiger partial charge in [0.25, 0.3) is 0 Å². The first-order chi connectivity index (χ1) is 16.9. The molecule has 0 spiro atoms. The predicted molar refractivity (Wildman–Crippen MR) is 122 cm³/mol. The minimum atomic E-state index is -1.43. The SMILES string of the molecule is Fc1cc(C2CCC(C3CC=C(c4c(F)cc(C5OCCCO5)cc4F)CC3)CC2)cc(F)c1F. The molecule has 2 aromatic carbocycles. The second kappa shape index (κ2) is 10.4. The molecule has 1 saturated heterocycles. The zero-order valence-electron chi connectivity index (χ0n) is 19.5. The monoisotopic (exact) mass is 492 g/mol. The molecule has 7 heteroatoms. The molecule has 1 saturated carbocycles. The number of hydrogen-bond acceptors (Lipinski definition) is 2. The fourth-order valence-corrected chi connectivity index (χ4v) is 5.96. The van der Waals surface area contributed by atoms with Crippen LogP contribution in [0.4, 0.5) is 22.0 Å². The van der Waals surface area contributed by atoms with Crippen molar-refractivity contribution in [2.75, 3.05) is 13.2 Å². The van der Waals surface area contributed by atoms with Crippen molar-refractivity contribution >= 4 is 5.57 Å². The Morgan fingerprint density at radius 2 is 1.26 bits per heavy atom. The third kappa shape index (κ3) is 5.17. The summed E-state index contributed by atoms with van der Waals surface area (Å²) in [5, 5.41) is 0. The van der Waals surface area contributed by atoms with Gasteiger partial charge in [-0.05, 0) is 105 Å². The van der Waals surface area contributed by atoms with E-state index in [1.807, 2.05) is 6.08 Å². The third-order valence-electron chi connectivity index (χ3n) is 7.85. The van der Waals surface area contributed by atoms with Crippen LogP contribution in [-0.4, -0.2) is 13.2 Å². The Balaban J connectivity index is 1.21. The van der Waals surface area contributed by atoms with Crippen molar-refractivity contribution in [3.05, 3.63) is 76.1 Å². The smallest absolute Gasteiger partial charge is 0.194 e. The first-order valence-electron chi connectivity index (χ1n) is 12.5. The maximum Gasteiger partial charge on any atom is 0.194 e. The van der Waals surface area contributed by atoms with Gasteiger partial charge in [0.05, 0.1) is 13.2 Å². The zero-order valence-corrected chi connectivity index (χ0v) is 19.5. The second-order valence-corrected chi connectivity index (χ2v) is 9.96. The third-order valence-corrected chi connectivity index (χ3v) is 7.85. The summed E-state index contributed by atoms with van der Waals surface area (Å²) in [6.07, 6.45) is 7.59. The van der Waals surface area contributed by atoms with Crippen LogP contribution in [0.1, 0.15) is 80.3 Å². The molecule has 0 aromatic heterocycles. The molecule has 188 valence electrons. The van der Waals surface area contributed by atoms with Crippen LogP contribution in [0.25, 0.3) is 5.57 Å². The largest absolute Gasteiger partial charge is 0.348 e. The van der Waals surface area contributed by atoms with Gasteiger partial charge >= 0.3 is 0 Å². The van der Waals surface area contributed by atoms with Gasteiger partial charge in [-0.15, -0.1) is 0 Å². The Hall–Kier alpha value is -2.25. The molecule has 2 aromatic rings. The van der Waals surface area contributed by atoms with E-state index in [9.17, 15) is 22.0 Å². The predicted octanol–water partition coefficient (Wildman–Crippen LogP) is 7.98. The normalized spacial score (nSPS) is 26.0. The highest BCUT2D eigenvalue weighted by Crippen LogP contribution is 2.44. The van der Waals surface area contributed by atoms with Crippen LogP contribution in [0.15, 0.2) is 30.3 Å². The number of allylic oxidation sites excluding steroid dienone is 2. The van der Waals surface area contributed by atoms with Crippen molar-refractivity contribution in [1.29, 1.82) is 0 Å². The van der Waals surface area contributed by atoms with Gasteiger partial charge in [-0.3, -0.25) is 0 Å². The number of rotatable bonds is 4. The van der Waals surface area contributed by atoms with E-state index < -0.39 is 35.4 Å². The molecule has 1 aliphatic heterocycles. The van der Waals surface area contributed by atoms with E-state index in [2.05, 4.69) is 0 Å². The van der Waals surface area contributed by atoms with Crippen molar-refractivity contribution in [2.45, 2.75) is 63.6 Å². The molecule has 5 rings (SSSR count). The highest BCUT2D eigenvalue weighted by atomic mass is 19.2. The van der Waals surface area contributed by atoms with Gasteiger partial charge in [0.1, 0.15) is 11.6 Å². The molecule has 2 aliphatic carbocycles. The van der Waals surface area contributed by atoms with Crippen LogP contribution in [-0.2, 0) is 9.47 Å². The second-order valence-electron chi connectivity index (χ2n) is 9.96. The lowest BCUT2D eigenvalue weighted by molar-refractivity contribution is -0.183. The topological polar surface area (TPSA) is 18.5 Å². The summed E-state index contributed by atoms with van der Waals surface area (Å²) < 4.78 is 81.3. The molecule has 1 heterocycles. The zero-order chi connectivity index (χ0) is 24.5. The first-order valence-corrected chi connectivity index (χ1v) is 12.5. The first kappa shape index (κ1) is 24.4.